The summed E-state index contributed by atoms with van der Waals surface area (Å²) in [5.74, 6) is 0.731. The number of nitrogens with one attached hydrogen (secondary N) is 1. The summed E-state index contributed by atoms with van der Waals surface area (Å²) in [5.41, 5.74) is 1.58. The third-order valence-corrected chi connectivity index (χ3v) is 8.63. The van der Waals surface area contributed by atoms with Crippen LogP contribution in [-0.2, 0) is 33.0 Å². The average molecular weight is 437 g/mol. The zero-order valence-electron chi connectivity index (χ0n) is 16.0. The molecule has 0 radical (unpaired) electrons. The molecule has 4 rings (SSSR count). The number of piperidine rings is 1. The predicted molar refractivity (Wildman–Crippen MR) is 109 cm³/mol. The van der Waals surface area contributed by atoms with Crippen LogP contribution < -0.4 is 9.46 Å². The van der Waals surface area contributed by atoms with Gasteiger partial charge in [0.2, 0.25) is 20.0 Å². The number of rotatable bonds is 6. The topological polar surface area (TPSA) is 92.8 Å². The third-order valence-electron chi connectivity index (χ3n) is 5.31. The van der Waals surface area contributed by atoms with E-state index < -0.39 is 20.0 Å². The molecule has 0 aromatic heterocycles. The van der Waals surface area contributed by atoms with Gasteiger partial charge in [0.15, 0.2) is 0 Å². The van der Waals surface area contributed by atoms with Crippen molar-refractivity contribution >= 4 is 20.0 Å². The maximum Gasteiger partial charge on any atom is 0.243 e. The molecule has 1 saturated heterocycles. The third kappa shape index (κ3) is 4.32. The van der Waals surface area contributed by atoms with Gasteiger partial charge in [-0.2, -0.15) is 4.31 Å². The lowest BCUT2D eigenvalue weighted by atomic mass is 10.2. The molecule has 0 saturated carbocycles. The zero-order chi connectivity index (χ0) is 20.5. The number of nitrogens with zero attached hydrogens (tertiary/aromatic N) is 1. The average Bonchev–Trinajstić information content (AvgIpc) is 3.21. The summed E-state index contributed by atoms with van der Waals surface area (Å²) in [4.78, 5) is 0.440. The first-order valence-electron chi connectivity index (χ1n) is 9.71. The Kier molecular flexibility index (Phi) is 5.65. The normalized spacial score (nSPS) is 17.7. The highest BCUT2D eigenvalue weighted by Crippen LogP contribution is 2.27. The number of sulfonamides is 2. The second kappa shape index (κ2) is 8.06. The molecule has 156 valence electrons. The van der Waals surface area contributed by atoms with Crippen LogP contribution in [0.15, 0.2) is 52.3 Å². The van der Waals surface area contributed by atoms with Gasteiger partial charge in [-0.1, -0.05) is 18.6 Å². The van der Waals surface area contributed by atoms with Crippen molar-refractivity contribution < 1.29 is 21.6 Å². The van der Waals surface area contributed by atoms with E-state index in [-0.39, 0.29) is 16.3 Å². The van der Waals surface area contributed by atoms with Gasteiger partial charge in [-0.3, -0.25) is 0 Å². The lowest BCUT2D eigenvalue weighted by molar-refractivity contribution is 0.346. The van der Waals surface area contributed by atoms with Crippen LogP contribution in [0, 0.1) is 0 Å². The highest BCUT2D eigenvalue weighted by Gasteiger charge is 2.26. The highest BCUT2D eigenvalue weighted by atomic mass is 32.2. The van der Waals surface area contributed by atoms with E-state index in [2.05, 4.69) is 4.72 Å². The quantitative estimate of drug-likeness (QED) is 0.750. The summed E-state index contributed by atoms with van der Waals surface area (Å²) in [5, 5.41) is 0. The Morgan fingerprint density at radius 1 is 0.897 bits per heavy atom. The molecule has 2 aromatic rings. The minimum Gasteiger partial charge on any atom is -0.493 e. The van der Waals surface area contributed by atoms with Crippen molar-refractivity contribution in [1.82, 2.24) is 9.03 Å². The van der Waals surface area contributed by atoms with E-state index in [0.29, 0.717) is 31.7 Å². The lowest BCUT2D eigenvalue weighted by Gasteiger charge is -2.25. The molecule has 0 unspecified atom stereocenters. The fourth-order valence-corrected chi connectivity index (χ4v) is 6.21. The van der Waals surface area contributed by atoms with Crippen LogP contribution in [0.3, 0.4) is 0 Å². The van der Waals surface area contributed by atoms with E-state index >= 15 is 0 Å². The van der Waals surface area contributed by atoms with Gasteiger partial charge < -0.3 is 4.74 Å². The van der Waals surface area contributed by atoms with E-state index in [0.717, 1.165) is 30.6 Å². The van der Waals surface area contributed by atoms with E-state index in [1.54, 1.807) is 36.4 Å². The second-order valence-corrected chi connectivity index (χ2v) is 11.0. The Bertz CT molecular complexity index is 1090. The van der Waals surface area contributed by atoms with Gasteiger partial charge in [-0.15, -0.1) is 0 Å². The van der Waals surface area contributed by atoms with Gasteiger partial charge in [-0.25, -0.2) is 21.6 Å². The van der Waals surface area contributed by atoms with Gasteiger partial charge in [0.25, 0.3) is 0 Å². The first kappa shape index (κ1) is 20.3. The molecular formula is C20H24N2O5S2. The Labute approximate surface area is 171 Å². The Balaban J connectivity index is 1.43. The molecule has 2 aliphatic rings. The van der Waals surface area contributed by atoms with Crippen molar-refractivity contribution in [1.29, 1.82) is 0 Å². The summed E-state index contributed by atoms with van der Waals surface area (Å²) in [6.07, 6.45) is 3.52. The number of hydrogen-bond acceptors (Lipinski definition) is 5. The SMILES string of the molecule is O=S(=O)(NCc1ccc(S(=O)(=O)N2CCCCC2)cc1)c1ccc2c(c1)CCO2. The summed E-state index contributed by atoms with van der Waals surface area (Å²) < 4.78 is 60.1. The van der Waals surface area contributed by atoms with Crippen molar-refractivity contribution in [3.05, 3.63) is 53.6 Å². The molecule has 7 nitrogen and oxygen atoms in total. The summed E-state index contributed by atoms with van der Waals surface area (Å²) in [7, 11) is -7.16. The van der Waals surface area contributed by atoms with Crippen LogP contribution in [-0.4, -0.2) is 40.8 Å². The molecule has 0 spiro atoms. The largest absolute Gasteiger partial charge is 0.493 e. The Morgan fingerprint density at radius 3 is 2.31 bits per heavy atom. The standard InChI is InChI=1S/C20H24N2O5S2/c23-28(24,19-8-9-20-17(14-19)10-13-27-20)21-15-16-4-6-18(7-5-16)29(25,26)22-11-2-1-3-12-22/h4-9,14,21H,1-3,10-13,15H2. The molecule has 29 heavy (non-hydrogen) atoms. The first-order chi connectivity index (χ1) is 13.9. The predicted octanol–water partition coefficient (Wildman–Crippen LogP) is 2.27. The van der Waals surface area contributed by atoms with Gasteiger partial charge >= 0.3 is 0 Å². The zero-order valence-corrected chi connectivity index (χ0v) is 17.6. The summed E-state index contributed by atoms with van der Waals surface area (Å²) in [6, 6.07) is 11.2. The molecule has 0 amide bonds. The fourth-order valence-electron chi connectivity index (χ4n) is 3.63. The molecule has 2 aliphatic heterocycles. The molecule has 2 heterocycles. The molecule has 0 aliphatic carbocycles. The number of benzene rings is 2. The Morgan fingerprint density at radius 2 is 1.59 bits per heavy atom. The smallest absolute Gasteiger partial charge is 0.243 e. The Hall–Kier alpha value is -1.94. The maximum atomic E-state index is 12.7. The van der Waals surface area contributed by atoms with E-state index in [1.165, 1.54) is 10.4 Å². The van der Waals surface area contributed by atoms with Gasteiger partial charge in [-0.05, 0) is 54.3 Å². The van der Waals surface area contributed by atoms with Crippen molar-refractivity contribution in [3.63, 3.8) is 0 Å². The molecule has 0 atom stereocenters. The fraction of sp³-hybridized carbons (Fsp3) is 0.400. The highest BCUT2D eigenvalue weighted by molar-refractivity contribution is 7.89. The van der Waals surface area contributed by atoms with Gasteiger partial charge in [0, 0.05) is 26.1 Å². The van der Waals surface area contributed by atoms with Crippen molar-refractivity contribution in [2.24, 2.45) is 0 Å². The molecule has 9 heteroatoms. The van der Waals surface area contributed by atoms with Crippen molar-refractivity contribution in [2.45, 2.75) is 42.0 Å². The van der Waals surface area contributed by atoms with E-state index in [4.69, 9.17) is 4.74 Å². The molecule has 1 N–H and O–H groups in total. The van der Waals surface area contributed by atoms with Crippen LogP contribution in [0.1, 0.15) is 30.4 Å². The molecule has 1 fully saturated rings. The van der Waals surface area contributed by atoms with Crippen LogP contribution >= 0.6 is 0 Å². The van der Waals surface area contributed by atoms with Crippen LogP contribution in [0.4, 0.5) is 0 Å². The maximum absolute atomic E-state index is 12.7. The summed E-state index contributed by atoms with van der Waals surface area (Å²) in [6.45, 7) is 1.75. The minimum absolute atomic E-state index is 0.0833. The molecule has 0 bridgehead atoms. The van der Waals surface area contributed by atoms with Crippen molar-refractivity contribution in [3.8, 4) is 5.75 Å². The van der Waals surface area contributed by atoms with E-state index in [9.17, 15) is 16.8 Å². The van der Waals surface area contributed by atoms with Crippen LogP contribution in [0.2, 0.25) is 0 Å². The first-order valence-corrected chi connectivity index (χ1v) is 12.6. The summed E-state index contributed by atoms with van der Waals surface area (Å²) >= 11 is 0. The monoisotopic (exact) mass is 436 g/mol. The van der Waals surface area contributed by atoms with E-state index in [1.807, 2.05) is 0 Å². The molecule has 2 aromatic carbocycles. The number of hydrogen-bond donors (Lipinski definition) is 1. The van der Waals surface area contributed by atoms with Gasteiger partial charge in [0.05, 0.1) is 16.4 Å². The number of ether oxygens (including phenoxy) is 1. The van der Waals surface area contributed by atoms with Gasteiger partial charge in [0.1, 0.15) is 5.75 Å². The number of fused-ring (bicyclic) bond motifs is 1. The second-order valence-electron chi connectivity index (χ2n) is 7.30. The van der Waals surface area contributed by atoms with Crippen LogP contribution in [0.25, 0.3) is 0 Å². The minimum atomic E-state index is -3.67. The van der Waals surface area contributed by atoms with Crippen LogP contribution in [0.5, 0.6) is 5.75 Å². The van der Waals surface area contributed by atoms with Crippen molar-refractivity contribution in [2.75, 3.05) is 19.7 Å². The lowest BCUT2D eigenvalue weighted by Crippen LogP contribution is -2.35. The molecular weight excluding hydrogens is 412 g/mol.